The van der Waals surface area contributed by atoms with Crippen LogP contribution in [0.2, 0.25) is 0 Å². The average Bonchev–Trinajstić information content (AvgIpc) is 3.19. The van der Waals surface area contributed by atoms with Gasteiger partial charge in [-0.05, 0) is 12.1 Å². The molecule has 23 heavy (non-hydrogen) atoms. The zero-order valence-corrected chi connectivity index (χ0v) is 12.8. The summed E-state index contributed by atoms with van der Waals surface area (Å²) in [6.45, 7) is 0. The molecule has 0 aliphatic carbocycles. The number of hydrogen-bond acceptors (Lipinski definition) is 4. The molecule has 1 amide bonds. The Kier molecular flexibility index (Phi) is 3.17. The third kappa shape index (κ3) is 2.29. The van der Waals surface area contributed by atoms with E-state index < -0.39 is 5.91 Å². The molecule has 0 spiro atoms. The van der Waals surface area contributed by atoms with Gasteiger partial charge in [-0.1, -0.05) is 53.8 Å². The fourth-order valence-corrected chi connectivity index (χ4v) is 3.41. The largest absolute Gasteiger partial charge is 0.365 e. The Labute approximate surface area is 136 Å². The van der Waals surface area contributed by atoms with Crippen LogP contribution in [0.15, 0.2) is 60.9 Å². The van der Waals surface area contributed by atoms with Crippen molar-refractivity contribution < 1.29 is 4.79 Å². The fraction of sp³-hybridized carbons (Fsp3) is 0. The quantitative estimate of drug-likeness (QED) is 0.629. The molecule has 5 nitrogen and oxygen atoms in total. The van der Waals surface area contributed by atoms with Gasteiger partial charge in [0.15, 0.2) is 5.13 Å². The van der Waals surface area contributed by atoms with Crippen LogP contribution in [0.1, 0.15) is 9.67 Å². The number of thiazole rings is 1. The SMILES string of the molecule is NC(=O)c1sc(-n2cnc3ccccc32)nc1-c1ccccc1. The molecule has 4 aromatic rings. The van der Waals surface area contributed by atoms with E-state index in [2.05, 4.69) is 9.97 Å². The third-order valence-corrected chi connectivity index (χ3v) is 4.62. The maximum absolute atomic E-state index is 11.8. The predicted octanol–water partition coefficient (Wildman–Crippen LogP) is 3.25. The summed E-state index contributed by atoms with van der Waals surface area (Å²) in [6, 6.07) is 17.4. The second kappa shape index (κ2) is 5.33. The maximum Gasteiger partial charge on any atom is 0.261 e. The van der Waals surface area contributed by atoms with Crippen LogP contribution in [-0.2, 0) is 0 Å². The van der Waals surface area contributed by atoms with E-state index in [9.17, 15) is 4.79 Å². The Morgan fingerprint density at radius 1 is 1.04 bits per heavy atom. The van der Waals surface area contributed by atoms with Crippen molar-refractivity contribution in [1.82, 2.24) is 14.5 Å². The molecule has 0 saturated carbocycles. The topological polar surface area (TPSA) is 73.8 Å². The third-order valence-electron chi connectivity index (χ3n) is 3.55. The lowest BCUT2D eigenvalue weighted by molar-refractivity contribution is 0.100. The number of para-hydroxylation sites is 2. The lowest BCUT2D eigenvalue weighted by Gasteiger charge is -1.99. The molecule has 6 heteroatoms. The monoisotopic (exact) mass is 320 g/mol. The van der Waals surface area contributed by atoms with Gasteiger partial charge in [-0.15, -0.1) is 0 Å². The van der Waals surface area contributed by atoms with Crippen molar-refractivity contribution in [3.63, 3.8) is 0 Å². The molecule has 0 aliphatic rings. The van der Waals surface area contributed by atoms with Crippen LogP contribution >= 0.6 is 11.3 Å². The average molecular weight is 320 g/mol. The number of amides is 1. The molecule has 0 saturated heterocycles. The highest BCUT2D eigenvalue weighted by atomic mass is 32.1. The summed E-state index contributed by atoms with van der Waals surface area (Å²) in [7, 11) is 0. The number of aromatic nitrogens is 3. The predicted molar refractivity (Wildman–Crippen MR) is 90.7 cm³/mol. The number of carbonyl (C=O) groups excluding carboxylic acids is 1. The van der Waals surface area contributed by atoms with Crippen LogP contribution in [0, 0.1) is 0 Å². The van der Waals surface area contributed by atoms with Gasteiger partial charge in [0.05, 0.1) is 16.7 Å². The number of nitrogens with zero attached hydrogens (tertiary/aromatic N) is 3. The zero-order valence-electron chi connectivity index (χ0n) is 12.0. The van der Waals surface area contributed by atoms with Crippen molar-refractivity contribution in [2.75, 3.05) is 0 Å². The second-order valence-corrected chi connectivity index (χ2v) is 5.99. The first kappa shape index (κ1) is 13.7. The molecule has 0 radical (unpaired) electrons. The van der Waals surface area contributed by atoms with E-state index >= 15 is 0 Å². The Bertz CT molecular complexity index is 1000. The van der Waals surface area contributed by atoms with E-state index in [1.165, 1.54) is 11.3 Å². The Balaban J connectivity index is 1.93. The van der Waals surface area contributed by atoms with Gasteiger partial charge in [0.2, 0.25) is 0 Å². The highest BCUT2D eigenvalue weighted by Gasteiger charge is 2.19. The molecule has 0 atom stereocenters. The van der Waals surface area contributed by atoms with E-state index in [-0.39, 0.29) is 0 Å². The van der Waals surface area contributed by atoms with Crippen molar-refractivity contribution in [2.45, 2.75) is 0 Å². The molecule has 112 valence electrons. The van der Waals surface area contributed by atoms with Crippen LogP contribution in [0.25, 0.3) is 27.4 Å². The zero-order chi connectivity index (χ0) is 15.8. The van der Waals surface area contributed by atoms with Crippen molar-refractivity contribution in [2.24, 2.45) is 5.73 Å². The smallest absolute Gasteiger partial charge is 0.261 e. The minimum absolute atomic E-state index is 0.448. The van der Waals surface area contributed by atoms with Gasteiger partial charge in [0.1, 0.15) is 11.2 Å². The fourth-order valence-electron chi connectivity index (χ4n) is 2.48. The number of carbonyl (C=O) groups is 1. The number of rotatable bonds is 3. The molecule has 2 aromatic carbocycles. The first-order valence-corrected chi connectivity index (χ1v) is 7.84. The number of benzene rings is 2. The lowest BCUT2D eigenvalue weighted by Crippen LogP contribution is -2.10. The normalized spacial score (nSPS) is 11.0. The highest BCUT2D eigenvalue weighted by Crippen LogP contribution is 2.31. The van der Waals surface area contributed by atoms with Crippen molar-refractivity contribution >= 4 is 28.3 Å². The summed E-state index contributed by atoms with van der Waals surface area (Å²) in [5.74, 6) is -0.475. The van der Waals surface area contributed by atoms with E-state index in [1.54, 1.807) is 6.33 Å². The Morgan fingerprint density at radius 3 is 2.57 bits per heavy atom. The van der Waals surface area contributed by atoms with Crippen LogP contribution in [0.5, 0.6) is 0 Å². The molecule has 4 rings (SSSR count). The van der Waals surface area contributed by atoms with E-state index in [1.807, 2.05) is 59.2 Å². The molecule has 2 aromatic heterocycles. The second-order valence-electron chi connectivity index (χ2n) is 5.01. The first-order valence-electron chi connectivity index (χ1n) is 7.02. The highest BCUT2D eigenvalue weighted by molar-refractivity contribution is 7.16. The summed E-state index contributed by atoms with van der Waals surface area (Å²) < 4.78 is 1.87. The summed E-state index contributed by atoms with van der Waals surface area (Å²) in [6.07, 6.45) is 1.71. The Morgan fingerprint density at radius 2 is 1.78 bits per heavy atom. The van der Waals surface area contributed by atoms with Crippen molar-refractivity contribution in [1.29, 1.82) is 0 Å². The van der Waals surface area contributed by atoms with Crippen LogP contribution in [0.3, 0.4) is 0 Å². The Hall–Kier alpha value is -2.99. The number of hydrogen-bond donors (Lipinski definition) is 1. The van der Waals surface area contributed by atoms with Crippen molar-refractivity contribution in [3.8, 4) is 16.4 Å². The van der Waals surface area contributed by atoms with Crippen LogP contribution in [-0.4, -0.2) is 20.4 Å². The summed E-state index contributed by atoms with van der Waals surface area (Å²) in [5, 5.41) is 0.673. The molecule has 2 heterocycles. The molecule has 0 fully saturated rings. The van der Waals surface area contributed by atoms with E-state index in [0.29, 0.717) is 15.7 Å². The summed E-state index contributed by atoms with van der Waals surface area (Å²) in [5.41, 5.74) is 8.83. The van der Waals surface area contributed by atoms with Crippen LogP contribution in [0.4, 0.5) is 0 Å². The number of nitrogens with two attached hydrogens (primary N) is 1. The molecular weight excluding hydrogens is 308 g/mol. The maximum atomic E-state index is 11.8. The summed E-state index contributed by atoms with van der Waals surface area (Å²) >= 11 is 1.27. The molecule has 0 unspecified atom stereocenters. The van der Waals surface area contributed by atoms with Gasteiger partial charge in [0, 0.05) is 5.56 Å². The first-order chi connectivity index (χ1) is 11.2. The molecule has 0 aliphatic heterocycles. The standard InChI is InChI=1S/C17H12N4OS/c18-16(22)15-14(11-6-2-1-3-7-11)20-17(23-15)21-10-19-12-8-4-5-9-13(12)21/h1-10H,(H2,18,22). The number of primary amides is 1. The van der Waals surface area contributed by atoms with Gasteiger partial charge < -0.3 is 5.73 Å². The summed E-state index contributed by atoms with van der Waals surface area (Å²) in [4.78, 5) is 21.3. The minimum atomic E-state index is -0.475. The molecule has 2 N–H and O–H groups in total. The van der Waals surface area contributed by atoms with Gasteiger partial charge in [0.25, 0.3) is 5.91 Å². The van der Waals surface area contributed by atoms with Gasteiger partial charge in [-0.3, -0.25) is 9.36 Å². The van der Waals surface area contributed by atoms with Gasteiger partial charge >= 0.3 is 0 Å². The molecule has 0 bridgehead atoms. The lowest BCUT2D eigenvalue weighted by atomic mass is 10.1. The van der Waals surface area contributed by atoms with Crippen molar-refractivity contribution in [3.05, 3.63) is 65.8 Å². The van der Waals surface area contributed by atoms with Gasteiger partial charge in [-0.25, -0.2) is 9.97 Å². The number of fused-ring (bicyclic) bond motifs is 1. The van der Waals surface area contributed by atoms with Crippen LogP contribution < -0.4 is 5.73 Å². The number of imidazole rings is 1. The van der Waals surface area contributed by atoms with Gasteiger partial charge in [-0.2, -0.15) is 0 Å². The molecular formula is C17H12N4OS. The van der Waals surface area contributed by atoms with E-state index in [4.69, 9.17) is 5.73 Å². The minimum Gasteiger partial charge on any atom is -0.365 e. The van der Waals surface area contributed by atoms with E-state index in [0.717, 1.165) is 16.6 Å².